The molecule has 0 aliphatic rings. The number of ether oxygens (including phenoxy) is 2. The van der Waals surface area contributed by atoms with E-state index in [1.165, 1.54) is 0 Å². The molecule has 0 radical (unpaired) electrons. The van der Waals surface area contributed by atoms with Crippen molar-refractivity contribution in [3.63, 3.8) is 0 Å². The molecule has 0 heterocycles. The minimum atomic E-state index is -0.850. The van der Waals surface area contributed by atoms with Gasteiger partial charge in [-0.2, -0.15) is 0 Å². The van der Waals surface area contributed by atoms with Gasteiger partial charge in [0.15, 0.2) is 11.5 Å². The summed E-state index contributed by atoms with van der Waals surface area (Å²) in [4.78, 5) is 0. The van der Waals surface area contributed by atoms with Crippen LogP contribution in [0.15, 0.2) is 16.6 Å². The number of hydrogen-bond acceptors (Lipinski definition) is 4. The summed E-state index contributed by atoms with van der Waals surface area (Å²) in [7, 11) is 1.58. The summed E-state index contributed by atoms with van der Waals surface area (Å²) in [5.41, 5.74) is 5.70. The highest BCUT2D eigenvalue weighted by Crippen LogP contribution is 2.37. The first-order chi connectivity index (χ1) is 8.43. The third kappa shape index (κ3) is 3.86. The van der Waals surface area contributed by atoms with E-state index in [2.05, 4.69) is 15.9 Å². The molecular weight excluding hydrogens is 298 g/mol. The second-order valence-electron chi connectivity index (χ2n) is 4.45. The van der Waals surface area contributed by atoms with Crippen molar-refractivity contribution in [1.82, 2.24) is 0 Å². The summed E-state index contributed by atoms with van der Waals surface area (Å²) in [5, 5.41) is 9.94. The topological polar surface area (TPSA) is 64.7 Å². The Hall–Kier alpha value is -0.780. The van der Waals surface area contributed by atoms with Gasteiger partial charge in [0.2, 0.25) is 0 Å². The van der Waals surface area contributed by atoms with Gasteiger partial charge in [0.1, 0.15) is 6.61 Å². The van der Waals surface area contributed by atoms with Crippen LogP contribution >= 0.6 is 15.9 Å². The van der Waals surface area contributed by atoms with Crippen molar-refractivity contribution in [2.45, 2.75) is 32.4 Å². The lowest BCUT2D eigenvalue weighted by atomic mass is 10.1. The van der Waals surface area contributed by atoms with Gasteiger partial charge >= 0.3 is 0 Å². The molecular formula is C13H20BrNO3. The summed E-state index contributed by atoms with van der Waals surface area (Å²) in [6.45, 7) is 4.29. The van der Waals surface area contributed by atoms with E-state index in [-0.39, 0.29) is 6.61 Å². The third-order valence-corrected chi connectivity index (χ3v) is 3.40. The predicted octanol–water partition coefficient (Wildman–Crippen LogP) is 2.46. The van der Waals surface area contributed by atoms with Crippen LogP contribution in [0.4, 0.5) is 0 Å². The zero-order valence-corrected chi connectivity index (χ0v) is 12.6. The molecule has 5 heteroatoms. The van der Waals surface area contributed by atoms with Gasteiger partial charge in [-0.25, -0.2) is 0 Å². The Kier molecular flexibility index (Phi) is 5.44. The van der Waals surface area contributed by atoms with Crippen LogP contribution in [0.1, 0.15) is 25.8 Å². The molecule has 0 spiro atoms. The van der Waals surface area contributed by atoms with Crippen LogP contribution in [0.3, 0.4) is 0 Å². The lowest BCUT2D eigenvalue weighted by Gasteiger charge is -2.23. The molecule has 0 aliphatic heterocycles. The molecule has 1 rings (SSSR count). The first-order valence-corrected chi connectivity index (χ1v) is 6.64. The molecule has 0 bridgehead atoms. The van der Waals surface area contributed by atoms with Gasteiger partial charge in [-0.3, -0.25) is 0 Å². The van der Waals surface area contributed by atoms with Gasteiger partial charge < -0.3 is 20.3 Å². The van der Waals surface area contributed by atoms with Crippen molar-refractivity contribution in [2.75, 3.05) is 13.7 Å². The molecule has 1 atom stereocenters. The fourth-order valence-electron chi connectivity index (χ4n) is 1.36. The first-order valence-electron chi connectivity index (χ1n) is 5.85. The minimum Gasteiger partial charge on any atom is -0.493 e. The Morgan fingerprint density at radius 1 is 1.44 bits per heavy atom. The zero-order chi connectivity index (χ0) is 13.8. The summed E-state index contributed by atoms with van der Waals surface area (Å²) in [5.74, 6) is 1.19. The molecule has 1 unspecified atom stereocenters. The smallest absolute Gasteiger partial charge is 0.175 e. The van der Waals surface area contributed by atoms with Crippen LogP contribution < -0.4 is 15.2 Å². The number of aliphatic hydroxyl groups is 1. The predicted molar refractivity (Wildman–Crippen MR) is 75.0 cm³/mol. The van der Waals surface area contributed by atoms with E-state index in [4.69, 9.17) is 15.2 Å². The maximum absolute atomic E-state index is 9.94. The van der Waals surface area contributed by atoms with Crippen molar-refractivity contribution in [3.05, 3.63) is 22.2 Å². The molecule has 0 saturated heterocycles. The van der Waals surface area contributed by atoms with Crippen molar-refractivity contribution in [2.24, 2.45) is 5.73 Å². The van der Waals surface area contributed by atoms with Gasteiger partial charge in [-0.05, 0) is 47.0 Å². The molecule has 4 nitrogen and oxygen atoms in total. The number of benzene rings is 1. The molecule has 1 aromatic rings. The Labute approximate surface area is 116 Å². The van der Waals surface area contributed by atoms with E-state index in [1.54, 1.807) is 14.0 Å². The van der Waals surface area contributed by atoms with Crippen LogP contribution in [0.25, 0.3) is 0 Å². The normalized spacial score (nSPS) is 14.1. The molecule has 3 N–H and O–H groups in total. The number of halogens is 1. The van der Waals surface area contributed by atoms with Gasteiger partial charge in [0.25, 0.3) is 0 Å². The maximum atomic E-state index is 9.94. The number of rotatable bonds is 6. The SMILES string of the molecule is CCC(C)(O)COc1c(Br)cc(CN)cc1OC. The summed E-state index contributed by atoms with van der Waals surface area (Å²) >= 11 is 3.43. The van der Waals surface area contributed by atoms with Crippen molar-refractivity contribution >= 4 is 15.9 Å². The standard InChI is InChI=1S/C13H20BrNO3/c1-4-13(2,16)8-18-12-10(14)5-9(7-15)6-11(12)17-3/h5-6,16H,4,7-8,15H2,1-3H3. The number of nitrogens with two attached hydrogens (primary N) is 1. The van der Waals surface area contributed by atoms with E-state index < -0.39 is 5.60 Å². The Morgan fingerprint density at radius 2 is 2.11 bits per heavy atom. The van der Waals surface area contributed by atoms with Crippen molar-refractivity contribution < 1.29 is 14.6 Å². The molecule has 1 aromatic carbocycles. The maximum Gasteiger partial charge on any atom is 0.175 e. The largest absolute Gasteiger partial charge is 0.493 e. The van der Waals surface area contributed by atoms with E-state index in [0.29, 0.717) is 24.5 Å². The molecule has 0 amide bonds. The van der Waals surface area contributed by atoms with Crippen LogP contribution in [-0.4, -0.2) is 24.4 Å². The van der Waals surface area contributed by atoms with E-state index >= 15 is 0 Å². The lowest BCUT2D eigenvalue weighted by molar-refractivity contribution is 0.00750. The first kappa shape index (κ1) is 15.3. The molecule has 0 fully saturated rings. The van der Waals surface area contributed by atoms with E-state index in [1.807, 2.05) is 19.1 Å². The summed E-state index contributed by atoms with van der Waals surface area (Å²) < 4.78 is 11.7. The highest BCUT2D eigenvalue weighted by Gasteiger charge is 2.20. The quantitative estimate of drug-likeness (QED) is 0.846. The van der Waals surface area contributed by atoms with Gasteiger partial charge in [0, 0.05) is 6.54 Å². The average molecular weight is 318 g/mol. The molecule has 18 heavy (non-hydrogen) atoms. The molecule has 0 aromatic heterocycles. The Bertz CT molecular complexity index is 407. The number of hydrogen-bond donors (Lipinski definition) is 2. The van der Waals surface area contributed by atoms with Crippen LogP contribution in [-0.2, 0) is 6.54 Å². The Balaban J connectivity index is 2.94. The summed E-state index contributed by atoms with van der Waals surface area (Å²) in [6, 6.07) is 3.72. The number of methoxy groups -OCH3 is 1. The highest BCUT2D eigenvalue weighted by atomic mass is 79.9. The fourth-order valence-corrected chi connectivity index (χ4v) is 1.96. The zero-order valence-electron chi connectivity index (χ0n) is 11.0. The second-order valence-corrected chi connectivity index (χ2v) is 5.31. The summed E-state index contributed by atoms with van der Waals surface area (Å²) in [6.07, 6.45) is 0.619. The third-order valence-electron chi connectivity index (χ3n) is 2.81. The molecule has 102 valence electrons. The fraction of sp³-hybridized carbons (Fsp3) is 0.538. The van der Waals surface area contributed by atoms with Crippen molar-refractivity contribution in [3.8, 4) is 11.5 Å². The van der Waals surface area contributed by atoms with E-state index in [9.17, 15) is 5.11 Å². The molecule has 0 aliphatic carbocycles. The van der Waals surface area contributed by atoms with Gasteiger partial charge in [-0.1, -0.05) is 6.92 Å². The minimum absolute atomic E-state index is 0.209. The monoisotopic (exact) mass is 317 g/mol. The van der Waals surface area contributed by atoms with Gasteiger partial charge in [-0.15, -0.1) is 0 Å². The second kappa shape index (κ2) is 6.41. The average Bonchev–Trinajstić information content (AvgIpc) is 2.36. The van der Waals surface area contributed by atoms with Crippen LogP contribution in [0.5, 0.6) is 11.5 Å². The molecule has 0 saturated carbocycles. The lowest BCUT2D eigenvalue weighted by Crippen LogP contribution is -2.31. The highest BCUT2D eigenvalue weighted by molar-refractivity contribution is 9.10. The van der Waals surface area contributed by atoms with E-state index in [0.717, 1.165) is 10.0 Å². The van der Waals surface area contributed by atoms with Crippen molar-refractivity contribution in [1.29, 1.82) is 0 Å². The van der Waals surface area contributed by atoms with Crippen LogP contribution in [0.2, 0.25) is 0 Å². The van der Waals surface area contributed by atoms with Gasteiger partial charge in [0.05, 0.1) is 17.2 Å². The Morgan fingerprint density at radius 3 is 2.61 bits per heavy atom. The van der Waals surface area contributed by atoms with Crippen LogP contribution in [0, 0.1) is 0 Å².